The second kappa shape index (κ2) is 9.96. The maximum absolute atomic E-state index is 12.7. The number of piperazine rings is 1. The molecule has 0 N–H and O–H groups in total. The zero-order chi connectivity index (χ0) is 20.6. The minimum Gasteiger partial charge on any atom is -0.497 e. The molecular weight excluding hydrogens is 368 g/mol. The maximum atomic E-state index is 12.7. The van der Waals surface area contributed by atoms with E-state index < -0.39 is 0 Å². The Morgan fingerprint density at radius 1 is 0.931 bits per heavy atom. The highest BCUT2D eigenvalue weighted by Crippen LogP contribution is 2.16. The smallest absolute Gasteiger partial charge is 0.254 e. The molecule has 2 amide bonds. The summed E-state index contributed by atoms with van der Waals surface area (Å²) in [5.74, 6) is 1.59. The van der Waals surface area contributed by atoms with E-state index in [-0.39, 0.29) is 11.8 Å². The van der Waals surface area contributed by atoms with Gasteiger partial charge in [0.15, 0.2) is 0 Å². The summed E-state index contributed by atoms with van der Waals surface area (Å²) in [5, 5.41) is 0. The molecule has 0 atom stereocenters. The van der Waals surface area contributed by atoms with Crippen LogP contribution in [0.15, 0.2) is 48.5 Å². The van der Waals surface area contributed by atoms with Crippen molar-refractivity contribution in [3.8, 4) is 11.5 Å². The molecule has 0 aliphatic carbocycles. The third-order valence-electron chi connectivity index (χ3n) is 5.03. The molecule has 1 aliphatic rings. The lowest BCUT2D eigenvalue weighted by Gasteiger charge is -2.35. The van der Waals surface area contributed by atoms with E-state index in [0.29, 0.717) is 56.9 Å². The number of ether oxygens (including phenoxy) is 2. The Kier molecular flexibility index (Phi) is 7.11. The molecule has 0 aromatic heterocycles. The number of carbonyl (C=O) groups is 2. The molecule has 2 aromatic rings. The molecule has 2 aromatic carbocycles. The number of rotatable bonds is 7. The van der Waals surface area contributed by atoms with Crippen LogP contribution in [0.3, 0.4) is 0 Å². The first-order chi connectivity index (χ1) is 14.1. The highest BCUT2D eigenvalue weighted by Gasteiger charge is 2.24. The first kappa shape index (κ1) is 20.7. The van der Waals surface area contributed by atoms with Crippen molar-refractivity contribution in [1.82, 2.24) is 9.80 Å². The number of carbonyl (C=O) groups excluding carboxylic acids is 2. The van der Waals surface area contributed by atoms with Gasteiger partial charge in [0.2, 0.25) is 5.91 Å². The van der Waals surface area contributed by atoms with Gasteiger partial charge in [-0.05, 0) is 49.2 Å². The molecule has 29 heavy (non-hydrogen) atoms. The number of hydrogen-bond acceptors (Lipinski definition) is 4. The van der Waals surface area contributed by atoms with Gasteiger partial charge < -0.3 is 19.3 Å². The molecule has 0 bridgehead atoms. The van der Waals surface area contributed by atoms with Crippen molar-refractivity contribution in [3.63, 3.8) is 0 Å². The Bertz CT molecular complexity index is 844. The minimum atomic E-state index is -0.0254. The number of hydrogen-bond donors (Lipinski definition) is 0. The van der Waals surface area contributed by atoms with Gasteiger partial charge in [-0.3, -0.25) is 9.59 Å². The van der Waals surface area contributed by atoms with Gasteiger partial charge in [-0.15, -0.1) is 0 Å². The summed E-state index contributed by atoms with van der Waals surface area (Å²) in [5.41, 5.74) is 1.76. The number of methoxy groups -OCH3 is 1. The molecule has 6 nitrogen and oxygen atoms in total. The molecule has 154 valence electrons. The summed E-state index contributed by atoms with van der Waals surface area (Å²) in [6, 6.07) is 15.1. The van der Waals surface area contributed by atoms with Gasteiger partial charge in [-0.1, -0.05) is 18.2 Å². The van der Waals surface area contributed by atoms with E-state index in [4.69, 9.17) is 9.47 Å². The van der Waals surface area contributed by atoms with Crippen molar-refractivity contribution in [2.24, 2.45) is 0 Å². The first-order valence-corrected chi connectivity index (χ1v) is 9.97. The summed E-state index contributed by atoms with van der Waals surface area (Å²) in [7, 11) is 1.58. The van der Waals surface area contributed by atoms with Crippen molar-refractivity contribution < 1.29 is 19.1 Å². The van der Waals surface area contributed by atoms with E-state index in [0.717, 1.165) is 11.3 Å². The van der Waals surface area contributed by atoms with Crippen LogP contribution >= 0.6 is 0 Å². The molecule has 1 fully saturated rings. The predicted molar refractivity (Wildman–Crippen MR) is 111 cm³/mol. The van der Waals surface area contributed by atoms with Crippen LogP contribution in [0.5, 0.6) is 11.5 Å². The number of nitrogens with zero attached hydrogens (tertiary/aromatic N) is 2. The van der Waals surface area contributed by atoms with E-state index in [1.165, 1.54) is 0 Å². The van der Waals surface area contributed by atoms with Crippen LogP contribution < -0.4 is 9.47 Å². The third-order valence-corrected chi connectivity index (χ3v) is 5.03. The lowest BCUT2D eigenvalue weighted by Crippen LogP contribution is -2.50. The molecule has 1 aliphatic heterocycles. The van der Waals surface area contributed by atoms with Gasteiger partial charge in [0, 0.05) is 38.2 Å². The Morgan fingerprint density at radius 2 is 1.62 bits per heavy atom. The van der Waals surface area contributed by atoms with Gasteiger partial charge in [0.1, 0.15) is 11.5 Å². The van der Waals surface area contributed by atoms with E-state index >= 15 is 0 Å². The molecular formula is C23H28N2O4. The molecule has 3 rings (SSSR count). The summed E-state index contributed by atoms with van der Waals surface area (Å²) >= 11 is 0. The van der Waals surface area contributed by atoms with Crippen LogP contribution in [0, 0.1) is 6.92 Å². The van der Waals surface area contributed by atoms with Gasteiger partial charge in [-0.2, -0.15) is 0 Å². The van der Waals surface area contributed by atoms with Crippen LogP contribution in [0.4, 0.5) is 0 Å². The molecule has 0 saturated carbocycles. The predicted octanol–water partition coefficient (Wildman–Crippen LogP) is 3.15. The summed E-state index contributed by atoms with van der Waals surface area (Å²) in [6.07, 6.45) is 1.13. The van der Waals surface area contributed by atoms with Gasteiger partial charge in [-0.25, -0.2) is 0 Å². The molecule has 0 spiro atoms. The van der Waals surface area contributed by atoms with Gasteiger partial charge >= 0.3 is 0 Å². The topological polar surface area (TPSA) is 59.1 Å². The molecule has 1 heterocycles. The SMILES string of the molecule is COc1cccc(C(=O)N2CCN(C(=O)CCCOc3cccc(C)c3)CC2)c1. The second-order valence-electron chi connectivity index (χ2n) is 7.17. The minimum absolute atomic E-state index is 0.0254. The highest BCUT2D eigenvalue weighted by atomic mass is 16.5. The zero-order valence-electron chi connectivity index (χ0n) is 17.1. The largest absolute Gasteiger partial charge is 0.497 e. The van der Waals surface area contributed by atoms with E-state index in [9.17, 15) is 9.59 Å². The average molecular weight is 396 g/mol. The second-order valence-corrected chi connectivity index (χ2v) is 7.17. The summed E-state index contributed by atoms with van der Waals surface area (Å²) in [4.78, 5) is 28.7. The highest BCUT2D eigenvalue weighted by molar-refractivity contribution is 5.94. The van der Waals surface area contributed by atoms with Crippen LogP contribution in [0.25, 0.3) is 0 Å². The molecule has 0 radical (unpaired) electrons. The van der Waals surface area contributed by atoms with E-state index in [1.807, 2.05) is 48.2 Å². The molecule has 6 heteroatoms. The standard InChI is InChI=1S/C23H28N2O4/c1-18-6-3-9-21(16-18)29-15-5-10-22(26)24-11-13-25(14-12-24)23(27)19-7-4-8-20(17-19)28-2/h3-4,6-9,16-17H,5,10-15H2,1-2H3. The zero-order valence-corrected chi connectivity index (χ0v) is 17.1. The Morgan fingerprint density at radius 3 is 2.34 bits per heavy atom. The first-order valence-electron chi connectivity index (χ1n) is 9.97. The Hall–Kier alpha value is -3.02. The van der Waals surface area contributed by atoms with Crippen molar-refractivity contribution in [2.45, 2.75) is 19.8 Å². The quantitative estimate of drug-likeness (QED) is 0.675. The molecule has 0 unspecified atom stereocenters. The van der Waals surface area contributed by atoms with E-state index in [2.05, 4.69) is 0 Å². The Balaban J connectivity index is 1.40. The fourth-order valence-electron chi connectivity index (χ4n) is 3.37. The monoisotopic (exact) mass is 396 g/mol. The number of aryl methyl sites for hydroxylation is 1. The van der Waals surface area contributed by atoms with Crippen LogP contribution in [0.1, 0.15) is 28.8 Å². The van der Waals surface area contributed by atoms with Gasteiger partial charge in [0.25, 0.3) is 5.91 Å². The number of benzene rings is 2. The fourth-order valence-corrected chi connectivity index (χ4v) is 3.37. The van der Waals surface area contributed by atoms with Gasteiger partial charge in [0.05, 0.1) is 13.7 Å². The summed E-state index contributed by atoms with van der Waals surface area (Å²) < 4.78 is 10.9. The van der Waals surface area contributed by atoms with Crippen molar-refractivity contribution in [1.29, 1.82) is 0 Å². The van der Waals surface area contributed by atoms with Crippen LogP contribution in [0.2, 0.25) is 0 Å². The normalized spacial score (nSPS) is 13.9. The van der Waals surface area contributed by atoms with Crippen molar-refractivity contribution >= 4 is 11.8 Å². The fraction of sp³-hybridized carbons (Fsp3) is 0.391. The van der Waals surface area contributed by atoms with E-state index in [1.54, 1.807) is 24.1 Å². The molecule has 1 saturated heterocycles. The number of amides is 2. The van der Waals surface area contributed by atoms with Crippen molar-refractivity contribution in [2.75, 3.05) is 39.9 Å². The van der Waals surface area contributed by atoms with Crippen molar-refractivity contribution in [3.05, 3.63) is 59.7 Å². The maximum Gasteiger partial charge on any atom is 0.254 e. The van der Waals surface area contributed by atoms with Crippen LogP contribution in [-0.4, -0.2) is 61.5 Å². The average Bonchev–Trinajstić information content (AvgIpc) is 2.76. The van der Waals surface area contributed by atoms with Crippen LogP contribution in [-0.2, 0) is 4.79 Å². The Labute approximate surface area is 172 Å². The lowest BCUT2D eigenvalue weighted by atomic mass is 10.1. The third kappa shape index (κ3) is 5.73. The lowest BCUT2D eigenvalue weighted by molar-refractivity contribution is -0.132. The summed E-state index contributed by atoms with van der Waals surface area (Å²) in [6.45, 7) is 4.75.